The molecule has 0 aliphatic heterocycles. The summed E-state index contributed by atoms with van der Waals surface area (Å²) in [6.07, 6.45) is 22.3. The van der Waals surface area contributed by atoms with Crippen LogP contribution in [0.25, 0.3) is 0 Å². The standard InChI is InChI=1S/C35H62O6/c1-5-9-13-17-19-21-25-29-30(26-22-20-18-14-10-6-2)32(39-27-23-15-11-7-3)34(40-28-24-16-12-8-4)33(31(29)36)41-35(37)38/h36H,5-28H2,1-4H3,(H,37,38). The Balaban J connectivity index is 3.41. The van der Waals surface area contributed by atoms with Crippen LogP contribution in [0.5, 0.6) is 23.0 Å². The third kappa shape index (κ3) is 15.6. The molecule has 0 fully saturated rings. The van der Waals surface area contributed by atoms with E-state index in [1.165, 1.54) is 51.4 Å². The molecule has 0 saturated carbocycles. The molecule has 1 aromatic carbocycles. The highest BCUT2D eigenvalue weighted by atomic mass is 16.7. The van der Waals surface area contributed by atoms with Crippen molar-refractivity contribution in [3.63, 3.8) is 0 Å². The molecule has 6 heteroatoms. The van der Waals surface area contributed by atoms with E-state index < -0.39 is 6.16 Å². The minimum absolute atomic E-state index is 0.0937. The largest absolute Gasteiger partial charge is 0.511 e. The van der Waals surface area contributed by atoms with Gasteiger partial charge in [-0.1, -0.05) is 130 Å². The Morgan fingerprint density at radius 1 is 0.512 bits per heavy atom. The van der Waals surface area contributed by atoms with Gasteiger partial charge in [0.1, 0.15) is 0 Å². The van der Waals surface area contributed by atoms with Crippen LogP contribution < -0.4 is 14.2 Å². The molecule has 1 rings (SSSR count). The van der Waals surface area contributed by atoms with Gasteiger partial charge >= 0.3 is 6.16 Å². The molecule has 0 unspecified atom stereocenters. The van der Waals surface area contributed by atoms with E-state index in [0.717, 1.165) is 94.6 Å². The fraction of sp³-hybridized carbons (Fsp3) is 0.800. The molecule has 0 aromatic heterocycles. The molecule has 0 spiro atoms. The first kappa shape index (κ1) is 36.9. The van der Waals surface area contributed by atoms with Crippen LogP contribution in [-0.4, -0.2) is 29.6 Å². The van der Waals surface area contributed by atoms with Crippen molar-refractivity contribution in [2.24, 2.45) is 0 Å². The molecular formula is C35H62O6. The zero-order chi connectivity index (χ0) is 30.1. The number of carbonyl (C=O) groups is 1. The highest BCUT2D eigenvalue weighted by Crippen LogP contribution is 2.51. The Hall–Kier alpha value is -2.11. The predicted octanol–water partition coefficient (Wildman–Crippen LogP) is 11.2. The minimum atomic E-state index is -1.46. The van der Waals surface area contributed by atoms with Crippen LogP contribution in [0, 0.1) is 0 Å². The molecule has 41 heavy (non-hydrogen) atoms. The van der Waals surface area contributed by atoms with Crippen molar-refractivity contribution in [1.82, 2.24) is 0 Å². The van der Waals surface area contributed by atoms with Crippen LogP contribution in [0.1, 0.15) is 167 Å². The zero-order valence-electron chi connectivity index (χ0n) is 27.0. The van der Waals surface area contributed by atoms with Crippen molar-refractivity contribution in [3.05, 3.63) is 11.1 Å². The van der Waals surface area contributed by atoms with E-state index in [0.29, 0.717) is 25.4 Å². The number of phenolic OH excluding ortho intramolecular Hbond substituents is 1. The Morgan fingerprint density at radius 3 is 1.37 bits per heavy atom. The van der Waals surface area contributed by atoms with Crippen LogP contribution in [0.4, 0.5) is 4.79 Å². The summed E-state index contributed by atoms with van der Waals surface area (Å²) >= 11 is 0. The molecular weight excluding hydrogens is 516 g/mol. The fourth-order valence-electron chi connectivity index (χ4n) is 5.33. The molecule has 0 radical (unpaired) electrons. The summed E-state index contributed by atoms with van der Waals surface area (Å²) in [6.45, 7) is 9.76. The van der Waals surface area contributed by atoms with Gasteiger partial charge in [-0.3, -0.25) is 0 Å². The van der Waals surface area contributed by atoms with Gasteiger partial charge in [0, 0.05) is 11.1 Å². The van der Waals surface area contributed by atoms with Crippen LogP contribution in [-0.2, 0) is 12.8 Å². The van der Waals surface area contributed by atoms with E-state index in [1.54, 1.807) is 0 Å². The second-order valence-corrected chi connectivity index (χ2v) is 11.5. The van der Waals surface area contributed by atoms with Gasteiger partial charge in [0.15, 0.2) is 11.5 Å². The van der Waals surface area contributed by atoms with Gasteiger partial charge < -0.3 is 24.4 Å². The van der Waals surface area contributed by atoms with Gasteiger partial charge in [0.25, 0.3) is 0 Å². The summed E-state index contributed by atoms with van der Waals surface area (Å²) in [5.74, 6) is 0.637. The lowest BCUT2D eigenvalue weighted by Gasteiger charge is -2.23. The number of ether oxygens (including phenoxy) is 3. The molecule has 0 heterocycles. The quantitative estimate of drug-likeness (QED) is 0.0613. The van der Waals surface area contributed by atoms with Crippen molar-refractivity contribution >= 4 is 6.16 Å². The minimum Gasteiger partial charge on any atom is -0.504 e. The van der Waals surface area contributed by atoms with E-state index in [1.807, 2.05) is 0 Å². The lowest BCUT2D eigenvalue weighted by Crippen LogP contribution is -2.12. The number of hydrogen-bond acceptors (Lipinski definition) is 5. The predicted molar refractivity (Wildman–Crippen MR) is 170 cm³/mol. The Bertz CT molecular complexity index is 807. The first-order valence-corrected chi connectivity index (χ1v) is 17.1. The number of rotatable bonds is 27. The molecule has 0 aliphatic rings. The first-order valence-electron chi connectivity index (χ1n) is 17.1. The summed E-state index contributed by atoms with van der Waals surface area (Å²) in [5.41, 5.74) is 1.75. The van der Waals surface area contributed by atoms with Crippen molar-refractivity contribution in [3.8, 4) is 23.0 Å². The third-order valence-electron chi connectivity index (χ3n) is 7.79. The van der Waals surface area contributed by atoms with Crippen molar-refractivity contribution in [1.29, 1.82) is 0 Å². The van der Waals surface area contributed by atoms with E-state index in [4.69, 9.17) is 14.2 Å². The zero-order valence-corrected chi connectivity index (χ0v) is 27.0. The maximum Gasteiger partial charge on any atom is 0.511 e. The summed E-state index contributed by atoms with van der Waals surface area (Å²) in [7, 11) is 0. The molecule has 0 atom stereocenters. The maximum atomic E-state index is 11.8. The van der Waals surface area contributed by atoms with Crippen molar-refractivity contribution in [2.75, 3.05) is 13.2 Å². The molecule has 0 amide bonds. The van der Waals surface area contributed by atoms with Gasteiger partial charge in [0.2, 0.25) is 11.5 Å². The lowest BCUT2D eigenvalue weighted by molar-refractivity contribution is 0.139. The molecule has 238 valence electrons. The van der Waals surface area contributed by atoms with Crippen molar-refractivity contribution < 1.29 is 29.2 Å². The third-order valence-corrected chi connectivity index (χ3v) is 7.79. The molecule has 2 N–H and O–H groups in total. The number of hydrogen-bond donors (Lipinski definition) is 2. The number of unbranched alkanes of at least 4 members (excludes halogenated alkanes) is 16. The second kappa shape index (κ2) is 24.5. The Morgan fingerprint density at radius 2 is 0.902 bits per heavy atom. The molecule has 0 aliphatic carbocycles. The highest BCUT2D eigenvalue weighted by Gasteiger charge is 2.29. The average Bonchev–Trinajstić information content (AvgIpc) is 2.95. The summed E-state index contributed by atoms with van der Waals surface area (Å²) < 4.78 is 17.9. The normalized spacial score (nSPS) is 11.1. The molecule has 0 saturated heterocycles. The van der Waals surface area contributed by atoms with E-state index >= 15 is 0 Å². The van der Waals surface area contributed by atoms with Crippen LogP contribution in [0.15, 0.2) is 0 Å². The van der Waals surface area contributed by atoms with E-state index in [-0.39, 0.29) is 17.2 Å². The second-order valence-electron chi connectivity index (χ2n) is 11.5. The number of benzene rings is 1. The Kier molecular flexibility index (Phi) is 22.0. The molecule has 0 bridgehead atoms. The van der Waals surface area contributed by atoms with Crippen LogP contribution in [0.2, 0.25) is 0 Å². The fourth-order valence-corrected chi connectivity index (χ4v) is 5.33. The van der Waals surface area contributed by atoms with E-state index in [9.17, 15) is 15.0 Å². The van der Waals surface area contributed by atoms with Gasteiger partial charge in [-0.25, -0.2) is 4.79 Å². The Labute approximate surface area is 251 Å². The number of carboxylic acid groups (broad SMARTS) is 1. The SMILES string of the molecule is CCCCCCCCc1c(O)c(OC(=O)O)c(OCCCCCC)c(OCCCCCC)c1CCCCCCCC. The lowest BCUT2D eigenvalue weighted by atomic mass is 9.93. The van der Waals surface area contributed by atoms with Gasteiger partial charge in [-0.15, -0.1) is 0 Å². The van der Waals surface area contributed by atoms with Crippen molar-refractivity contribution in [2.45, 2.75) is 169 Å². The monoisotopic (exact) mass is 578 g/mol. The van der Waals surface area contributed by atoms with Gasteiger partial charge in [-0.05, 0) is 38.5 Å². The topological polar surface area (TPSA) is 85.2 Å². The summed E-state index contributed by atoms with van der Waals surface area (Å²) in [6, 6.07) is 0. The smallest absolute Gasteiger partial charge is 0.504 e. The summed E-state index contributed by atoms with van der Waals surface area (Å²) in [4.78, 5) is 11.8. The van der Waals surface area contributed by atoms with Gasteiger partial charge in [0.05, 0.1) is 13.2 Å². The molecule has 6 nitrogen and oxygen atoms in total. The maximum absolute atomic E-state index is 11.8. The highest BCUT2D eigenvalue weighted by molar-refractivity contribution is 5.72. The number of aromatic hydroxyl groups is 1. The summed E-state index contributed by atoms with van der Waals surface area (Å²) in [5, 5.41) is 21.1. The van der Waals surface area contributed by atoms with Crippen LogP contribution >= 0.6 is 0 Å². The first-order chi connectivity index (χ1) is 20.0. The number of phenols is 1. The van der Waals surface area contributed by atoms with Crippen LogP contribution in [0.3, 0.4) is 0 Å². The average molecular weight is 579 g/mol. The van der Waals surface area contributed by atoms with E-state index in [2.05, 4.69) is 27.7 Å². The molecule has 1 aromatic rings. The van der Waals surface area contributed by atoms with Gasteiger partial charge in [-0.2, -0.15) is 0 Å².